The molecule has 1 fully saturated rings. The summed E-state index contributed by atoms with van der Waals surface area (Å²) in [5, 5.41) is 14.8. The largest absolute Gasteiger partial charge is 0.393 e. The third-order valence-corrected chi connectivity index (χ3v) is 3.48. The van der Waals surface area contributed by atoms with E-state index in [-0.39, 0.29) is 6.10 Å². The van der Waals surface area contributed by atoms with Crippen LogP contribution in [0.15, 0.2) is 0 Å². The molecule has 2 rings (SSSR count). The third kappa shape index (κ3) is 2.52. The summed E-state index contributed by atoms with van der Waals surface area (Å²) in [6.07, 6.45) is 3.82. The number of hydrogen-bond acceptors (Lipinski definition) is 2. The van der Waals surface area contributed by atoms with E-state index in [9.17, 15) is 5.11 Å². The van der Waals surface area contributed by atoms with Gasteiger partial charge in [0.15, 0.2) is 0 Å². The minimum atomic E-state index is -0.266. The summed E-state index contributed by atoms with van der Waals surface area (Å²) in [4.78, 5) is 0. The molecule has 0 aliphatic heterocycles. The molecule has 0 bridgehead atoms. The van der Waals surface area contributed by atoms with Gasteiger partial charge in [-0.15, -0.1) is 0 Å². The number of rotatable bonds is 4. The minimum absolute atomic E-state index is 0.266. The van der Waals surface area contributed by atoms with Gasteiger partial charge in [-0.3, -0.25) is 4.68 Å². The summed E-state index contributed by atoms with van der Waals surface area (Å²) >= 11 is 6.10. The quantitative estimate of drug-likeness (QED) is 0.857. The van der Waals surface area contributed by atoms with Gasteiger partial charge in [-0.05, 0) is 19.3 Å². The monoisotopic (exact) mass is 228 g/mol. The third-order valence-electron chi connectivity index (χ3n) is 3.01. The topological polar surface area (TPSA) is 38.0 Å². The van der Waals surface area contributed by atoms with Crippen LogP contribution in [0.25, 0.3) is 0 Å². The number of hydrogen-bond donors (Lipinski definition) is 1. The summed E-state index contributed by atoms with van der Waals surface area (Å²) < 4.78 is 1.66. The zero-order valence-corrected chi connectivity index (χ0v) is 9.96. The van der Waals surface area contributed by atoms with E-state index in [2.05, 4.69) is 5.10 Å². The van der Waals surface area contributed by atoms with E-state index in [0.717, 1.165) is 23.6 Å². The molecule has 4 heteroatoms. The van der Waals surface area contributed by atoms with Gasteiger partial charge in [-0.25, -0.2) is 0 Å². The fraction of sp³-hybridized carbons (Fsp3) is 0.727. The number of aliphatic hydroxyl groups is 1. The van der Waals surface area contributed by atoms with Gasteiger partial charge < -0.3 is 5.11 Å². The molecule has 1 atom stereocenters. The van der Waals surface area contributed by atoms with Crippen molar-refractivity contribution in [2.45, 2.75) is 38.7 Å². The van der Waals surface area contributed by atoms with Crippen molar-refractivity contribution in [2.75, 3.05) is 0 Å². The predicted octanol–water partition coefficient (Wildman–Crippen LogP) is 2.09. The Hall–Kier alpha value is -0.540. The second-order valence-electron chi connectivity index (χ2n) is 4.52. The molecule has 0 saturated heterocycles. The summed E-state index contributed by atoms with van der Waals surface area (Å²) in [7, 11) is 1.83. The highest BCUT2D eigenvalue weighted by Gasteiger charge is 2.25. The van der Waals surface area contributed by atoms with Crippen LogP contribution in [-0.4, -0.2) is 21.0 Å². The Morgan fingerprint density at radius 1 is 1.60 bits per heavy atom. The molecule has 1 saturated carbocycles. The van der Waals surface area contributed by atoms with Crippen LogP contribution in [0.2, 0.25) is 5.15 Å². The summed E-state index contributed by atoms with van der Waals surface area (Å²) in [6.45, 7) is 1.94. The Labute approximate surface area is 95.0 Å². The van der Waals surface area contributed by atoms with Gasteiger partial charge in [-0.1, -0.05) is 24.4 Å². The first-order chi connectivity index (χ1) is 7.08. The lowest BCUT2D eigenvalue weighted by Gasteiger charge is -2.09. The van der Waals surface area contributed by atoms with E-state index >= 15 is 0 Å². The Morgan fingerprint density at radius 2 is 2.27 bits per heavy atom. The van der Waals surface area contributed by atoms with E-state index in [1.807, 2.05) is 14.0 Å². The second-order valence-corrected chi connectivity index (χ2v) is 4.87. The lowest BCUT2D eigenvalue weighted by atomic mass is 10.0. The molecule has 0 aromatic carbocycles. The maximum Gasteiger partial charge on any atom is 0.130 e. The van der Waals surface area contributed by atoms with Crippen molar-refractivity contribution in [1.82, 2.24) is 9.78 Å². The van der Waals surface area contributed by atoms with Crippen LogP contribution in [0, 0.1) is 12.8 Å². The summed E-state index contributed by atoms with van der Waals surface area (Å²) in [5.74, 6) is 0.746. The molecule has 0 spiro atoms. The molecule has 0 radical (unpaired) electrons. The summed E-state index contributed by atoms with van der Waals surface area (Å²) in [5.41, 5.74) is 1.92. The highest BCUT2D eigenvalue weighted by atomic mass is 35.5. The molecule has 0 amide bonds. The molecule has 84 valence electrons. The van der Waals surface area contributed by atoms with Crippen LogP contribution in [0.3, 0.4) is 0 Å². The first-order valence-corrected chi connectivity index (χ1v) is 5.81. The molecule has 1 aliphatic rings. The van der Waals surface area contributed by atoms with E-state index in [4.69, 9.17) is 11.6 Å². The molecule has 1 aromatic heterocycles. The van der Waals surface area contributed by atoms with Gasteiger partial charge in [0.25, 0.3) is 0 Å². The highest BCUT2D eigenvalue weighted by Crippen LogP contribution is 2.34. The van der Waals surface area contributed by atoms with Crippen molar-refractivity contribution >= 4 is 11.6 Å². The van der Waals surface area contributed by atoms with Gasteiger partial charge in [0, 0.05) is 19.0 Å². The van der Waals surface area contributed by atoms with Gasteiger partial charge in [0.05, 0.1) is 11.8 Å². The van der Waals surface area contributed by atoms with Crippen molar-refractivity contribution < 1.29 is 5.11 Å². The average molecular weight is 229 g/mol. The van der Waals surface area contributed by atoms with Crippen molar-refractivity contribution in [3.8, 4) is 0 Å². The zero-order valence-electron chi connectivity index (χ0n) is 9.20. The molecule has 15 heavy (non-hydrogen) atoms. The number of aromatic nitrogens is 2. The lowest BCUT2D eigenvalue weighted by Crippen LogP contribution is -2.11. The lowest BCUT2D eigenvalue weighted by molar-refractivity contribution is 0.158. The van der Waals surface area contributed by atoms with E-state index in [1.54, 1.807) is 4.68 Å². The normalized spacial score (nSPS) is 18.1. The van der Waals surface area contributed by atoms with Crippen molar-refractivity contribution in [1.29, 1.82) is 0 Å². The van der Waals surface area contributed by atoms with Crippen LogP contribution in [0.1, 0.15) is 30.5 Å². The van der Waals surface area contributed by atoms with Crippen LogP contribution in [0.5, 0.6) is 0 Å². The van der Waals surface area contributed by atoms with E-state index < -0.39 is 0 Å². The standard InChI is InChI=1S/C11H17ClN2O/c1-7-10(11(12)14(2)13-7)6-9(15)5-8-3-4-8/h8-9,15H,3-6H2,1-2H3. The van der Waals surface area contributed by atoms with E-state index in [1.165, 1.54) is 12.8 Å². The van der Waals surface area contributed by atoms with Gasteiger partial charge >= 0.3 is 0 Å². The first-order valence-electron chi connectivity index (χ1n) is 5.44. The molecule has 1 unspecified atom stereocenters. The fourth-order valence-corrected chi connectivity index (χ4v) is 2.21. The van der Waals surface area contributed by atoms with Crippen molar-refractivity contribution in [2.24, 2.45) is 13.0 Å². The van der Waals surface area contributed by atoms with E-state index in [0.29, 0.717) is 11.6 Å². The predicted molar refractivity (Wildman–Crippen MR) is 60.0 cm³/mol. The number of halogens is 1. The number of aryl methyl sites for hydroxylation is 2. The Bertz CT molecular complexity index is 358. The maximum absolute atomic E-state index is 9.88. The average Bonchev–Trinajstić information content (AvgIpc) is 2.92. The number of nitrogens with zero attached hydrogens (tertiary/aromatic N) is 2. The van der Waals surface area contributed by atoms with Gasteiger partial charge in [-0.2, -0.15) is 5.10 Å². The zero-order chi connectivity index (χ0) is 11.0. The van der Waals surface area contributed by atoms with Crippen molar-refractivity contribution in [3.63, 3.8) is 0 Å². The Morgan fingerprint density at radius 3 is 2.73 bits per heavy atom. The molecule has 3 nitrogen and oxygen atoms in total. The van der Waals surface area contributed by atoms with Crippen LogP contribution >= 0.6 is 11.6 Å². The molecular formula is C11H17ClN2O. The second kappa shape index (κ2) is 4.14. The Kier molecular flexibility index (Phi) is 3.03. The molecule has 1 heterocycles. The highest BCUT2D eigenvalue weighted by molar-refractivity contribution is 6.30. The van der Waals surface area contributed by atoms with Crippen LogP contribution in [-0.2, 0) is 13.5 Å². The molecular weight excluding hydrogens is 212 g/mol. The maximum atomic E-state index is 9.88. The minimum Gasteiger partial charge on any atom is -0.393 e. The molecule has 1 N–H and O–H groups in total. The Balaban J connectivity index is 2.01. The number of aliphatic hydroxyl groups excluding tert-OH is 1. The molecule has 1 aliphatic carbocycles. The first kappa shape index (κ1) is 11.0. The molecule has 1 aromatic rings. The van der Waals surface area contributed by atoms with Crippen molar-refractivity contribution in [3.05, 3.63) is 16.4 Å². The summed E-state index contributed by atoms with van der Waals surface area (Å²) in [6, 6.07) is 0. The SMILES string of the molecule is Cc1nn(C)c(Cl)c1CC(O)CC1CC1. The van der Waals surface area contributed by atoms with Gasteiger partial charge in [0.2, 0.25) is 0 Å². The fourth-order valence-electron chi connectivity index (χ4n) is 1.96. The van der Waals surface area contributed by atoms with Crippen LogP contribution in [0.4, 0.5) is 0 Å². The smallest absolute Gasteiger partial charge is 0.130 e. The van der Waals surface area contributed by atoms with Crippen LogP contribution < -0.4 is 0 Å². The van der Waals surface area contributed by atoms with Gasteiger partial charge in [0.1, 0.15) is 5.15 Å².